The monoisotopic (exact) mass is 279 g/mol. The van der Waals surface area contributed by atoms with Crippen molar-refractivity contribution < 1.29 is 14.7 Å². The Bertz CT molecular complexity index is 495. The molecule has 0 aliphatic carbocycles. The third-order valence-electron chi connectivity index (χ3n) is 3.29. The van der Waals surface area contributed by atoms with Crippen LogP contribution in [0.4, 0.5) is 10.5 Å². The summed E-state index contributed by atoms with van der Waals surface area (Å²) in [6.45, 7) is 8.93. The summed E-state index contributed by atoms with van der Waals surface area (Å²) in [6, 6.07) is 0.993. The standard InChI is InChI=1S/C14H21N3O3/c1-9(14(2,3)4)6-16-13(20)17-11-5-10(12(18)19)7-15-8-11/h5,7-9H,6H2,1-4H3,(H,18,19)(H2,16,17,20). The summed E-state index contributed by atoms with van der Waals surface area (Å²) in [6.07, 6.45) is 2.63. The quantitative estimate of drug-likeness (QED) is 0.790. The van der Waals surface area contributed by atoms with Crippen LogP contribution in [0.2, 0.25) is 0 Å². The number of pyridine rings is 1. The van der Waals surface area contributed by atoms with E-state index in [2.05, 4.69) is 43.3 Å². The van der Waals surface area contributed by atoms with Crippen LogP contribution in [-0.4, -0.2) is 28.6 Å². The lowest BCUT2D eigenvalue weighted by atomic mass is 9.82. The number of amides is 2. The van der Waals surface area contributed by atoms with Gasteiger partial charge >= 0.3 is 12.0 Å². The number of urea groups is 1. The van der Waals surface area contributed by atoms with Gasteiger partial charge in [-0.25, -0.2) is 9.59 Å². The third kappa shape index (κ3) is 4.87. The van der Waals surface area contributed by atoms with Gasteiger partial charge in [0, 0.05) is 12.7 Å². The Morgan fingerprint density at radius 1 is 1.35 bits per heavy atom. The minimum absolute atomic E-state index is 0.0332. The number of carbonyl (C=O) groups is 2. The van der Waals surface area contributed by atoms with Crippen molar-refractivity contribution in [3.63, 3.8) is 0 Å². The van der Waals surface area contributed by atoms with Crippen molar-refractivity contribution >= 4 is 17.7 Å². The van der Waals surface area contributed by atoms with Crippen LogP contribution in [0.3, 0.4) is 0 Å². The fourth-order valence-electron chi connectivity index (χ4n) is 1.35. The second kappa shape index (κ2) is 6.36. The topological polar surface area (TPSA) is 91.3 Å². The van der Waals surface area contributed by atoms with Gasteiger partial charge in [-0.2, -0.15) is 0 Å². The second-order valence-corrected chi connectivity index (χ2v) is 5.87. The lowest BCUT2D eigenvalue weighted by molar-refractivity contribution is 0.0696. The lowest BCUT2D eigenvalue weighted by Crippen LogP contribution is -2.36. The summed E-state index contributed by atoms with van der Waals surface area (Å²) in [5.74, 6) is -0.764. The Morgan fingerprint density at radius 2 is 2.00 bits per heavy atom. The van der Waals surface area contributed by atoms with Crippen molar-refractivity contribution in [2.45, 2.75) is 27.7 Å². The van der Waals surface area contributed by atoms with Crippen LogP contribution in [0.15, 0.2) is 18.5 Å². The first-order valence-electron chi connectivity index (χ1n) is 6.43. The number of nitrogens with one attached hydrogen (secondary N) is 2. The van der Waals surface area contributed by atoms with Crippen LogP contribution < -0.4 is 10.6 Å². The molecule has 6 heteroatoms. The Morgan fingerprint density at radius 3 is 2.55 bits per heavy atom. The zero-order valence-corrected chi connectivity index (χ0v) is 12.2. The average molecular weight is 279 g/mol. The summed E-state index contributed by atoms with van der Waals surface area (Å²) in [4.78, 5) is 26.3. The minimum atomic E-state index is -1.08. The molecule has 1 rings (SSSR count). The van der Waals surface area contributed by atoms with Gasteiger partial charge in [0.25, 0.3) is 0 Å². The van der Waals surface area contributed by atoms with Crippen molar-refractivity contribution in [1.29, 1.82) is 0 Å². The maximum Gasteiger partial charge on any atom is 0.337 e. The van der Waals surface area contributed by atoms with Gasteiger partial charge < -0.3 is 15.7 Å². The van der Waals surface area contributed by atoms with Gasteiger partial charge in [-0.15, -0.1) is 0 Å². The summed E-state index contributed by atoms with van der Waals surface area (Å²) in [5.41, 5.74) is 0.495. The zero-order chi connectivity index (χ0) is 15.3. The van der Waals surface area contributed by atoms with Gasteiger partial charge in [-0.05, 0) is 17.4 Å². The molecule has 6 nitrogen and oxygen atoms in total. The van der Waals surface area contributed by atoms with E-state index >= 15 is 0 Å². The molecule has 0 fully saturated rings. The SMILES string of the molecule is CC(CNC(=O)Nc1cncc(C(=O)O)c1)C(C)(C)C. The van der Waals surface area contributed by atoms with Crippen LogP contribution in [-0.2, 0) is 0 Å². The number of carbonyl (C=O) groups excluding carboxylic acids is 1. The predicted octanol–water partition coefficient (Wildman–Crippen LogP) is 2.58. The molecule has 1 atom stereocenters. The summed E-state index contributed by atoms with van der Waals surface area (Å²) >= 11 is 0. The molecule has 0 aliphatic rings. The Labute approximate surface area is 118 Å². The van der Waals surface area contributed by atoms with E-state index in [9.17, 15) is 9.59 Å². The number of hydrogen-bond donors (Lipinski definition) is 3. The molecule has 0 saturated carbocycles. The fourth-order valence-corrected chi connectivity index (χ4v) is 1.35. The van der Waals surface area contributed by atoms with E-state index in [1.54, 1.807) is 0 Å². The number of nitrogens with zero attached hydrogens (tertiary/aromatic N) is 1. The van der Waals surface area contributed by atoms with E-state index in [0.717, 1.165) is 0 Å². The summed E-state index contributed by atoms with van der Waals surface area (Å²) in [5, 5.41) is 14.2. The molecule has 1 heterocycles. The van der Waals surface area contributed by atoms with Crippen molar-refractivity contribution in [2.24, 2.45) is 11.3 Å². The number of aromatic carboxylic acids is 1. The molecule has 3 N–H and O–H groups in total. The minimum Gasteiger partial charge on any atom is -0.478 e. The molecular weight excluding hydrogens is 258 g/mol. The third-order valence-corrected chi connectivity index (χ3v) is 3.29. The first kappa shape index (κ1) is 15.9. The fraction of sp³-hybridized carbons (Fsp3) is 0.500. The van der Waals surface area contributed by atoms with Gasteiger partial charge in [-0.1, -0.05) is 27.7 Å². The molecule has 1 aromatic heterocycles. The Balaban J connectivity index is 2.55. The Kier molecular flexibility index (Phi) is 5.07. The van der Waals surface area contributed by atoms with Gasteiger partial charge in [0.05, 0.1) is 17.4 Å². The highest BCUT2D eigenvalue weighted by molar-refractivity contribution is 5.92. The maximum atomic E-state index is 11.7. The van der Waals surface area contributed by atoms with Gasteiger partial charge in [-0.3, -0.25) is 4.98 Å². The van der Waals surface area contributed by atoms with Crippen molar-refractivity contribution in [1.82, 2.24) is 10.3 Å². The molecule has 110 valence electrons. The van der Waals surface area contributed by atoms with Crippen LogP contribution in [0, 0.1) is 11.3 Å². The normalized spacial score (nSPS) is 12.6. The Hall–Kier alpha value is -2.11. The largest absolute Gasteiger partial charge is 0.478 e. The molecule has 1 unspecified atom stereocenters. The first-order valence-corrected chi connectivity index (χ1v) is 6.43. The highest BCUT2D eigenvalue weighted by atomic mass is 16.4. The number of rotatable bonds is 4. The van der Waals surface area contributed by atoms with Gasteiger partial charge in [0.15, 0.2) is 0 Å². The van der Waals surface area contributed by atoms with E-state index < -0.39 is 5.97 Å². The second-order valence-electron chi connectivity index (χ2n) is 5.87. The highest BCUT2D eigenvalue weighted by Crippen LogP contribution is 2.24. The maximum absolute atomic E-state index is 11.7. The molecular formula is C14H21N3O3. The van der Waals surface area contributed by atoms with Crippen LogP contribution in [0.5, 0.6) is 0 Å². The average Bonchev–Trinajstić information content (AvgIpc) is 2.35. The van der Waals surface area contributed by atoms with Crippen molar-refractivity contribution in [3.05, 3.63) is 24.0 Å². The van der Waals surface area contributed by atoms with E-state index in [1.807, 2.05) is 0 Å². The van der Waals surface area contributed by atoms with Crippen LogP contribution >= 0.6 is 0 Å². The van der Waals surface area contributed by atoms with Crippen molar-refractivity contribution in [3.8, 4) is 0 Å². The predicted molar refractivity (Wildman–Crippen MR) is 76.8 cm³/mol. The van der Waals surface area contributed by atoms with Crippen LogP contribution in [0.1, 0.15) is 38.1 Å². The highest BCUT2D eigenvalue weighted by Gasteiger charge is 2.20. The van der Waals surface area contributed by atoms with Gasteiger partial charge in [0.1, 0.15) is 0 Å². The number of carboxylic acid groups (broad SMARTS) is 1. The number of anilines is 1. The molecule has 0 saturated heterocycles. The first-order chi connectivity index (χ1) is 9.20. The molecule has 0 bridgehead atoms. The summed E-state index contributed by atoms with van der Waals surface area (Å²) < 4.78 is 0. The lowest BCUT2D eigenvalue weighted by Gasteiger charge is -2.27. The van der Waals surface area contributed by atoms with E-state index in [0.29, 0.717) is 18.2 Å². The molecule has 1 aromatic rings. The molecule has 2 amide bonds. The van der Waals surface area contributed by atoms with Crippen molar-refractivity contribution in [2.75, 3.05) is 11.9 Å². The summed E-state index contributed by atoms with van der Waals surface area (Å²) in [7, 11) is 0. The molecule has 0 radical (unpaired) electrons. The number of hydrogen-bond acceptors (Lipinski definition) is 3. The van der Waals surface area contributed by atoms with E-state index in [1.165, 1.54) is 18.5 Å². The molecule has 20 heavy (non-hydrogen) atoms. The van der Waals surface area contributed by atoms with Gasteiger partial charge in [0.2, 0.25) is 0 Å². The number of carboxylic acids is 1. The smallest absolute Gasteiger partial charge is 0.337 e. The molecule has 0 spiro atoms. The van der Waals surface area contributed by atoms with Crippen LogP contribution in [0.25, 0.3) is 0 Å². The van der Waals surface area contributed by atoms with E-state index in [4.69, 9.17) is 5.11 Å². The molecule has 0 aromatic carbocycles. The number of aromatic nitrogens is 1. The zero-order valence-electron chi connectivity index (χ0n) is 12.2. The van der Waals surface area contributed by atoms with E-state index in [-0.39, 0.29) is 17.0 Å². The molecule has 0 aliphatic heterocycles.